The molecule has 0 aliphatic rings. The Hall–Kier alpha value is -4.47. The molecule has 0 aliphatic heterocycles. The summed E-state index contributed by atoms with van der Waals surface area (Å²) < 4.78 is 46.3. The summed E-state index contributed by atoms with van der Waals surface area (Å²) in [6.07, 6.45) is -1.18. The van der Waals surface area contributed by atoms with Crippen LogP contribution in [0.5, 0.6) is 5.88 Å². The van der Waals surface area contributed by atoms with Gasteiger partial charge in [-0.3, -0.25) is 4.57 Å². The second kappa shape index (κ2) is 9.05. The summed E-state index contributed by atoms with van der Waals surface area (Å²) in [6.45, 7) is 0.120. The van der Waals surface area contributed by atoms with Crippen molar-refractivity contribution in [1.82, 2.24) is 24.5 Å². The molecule has 3 heterocycles. The third kappa shape index (κ3) is 4.63. The van der Waals surface area contributed by atoms with Crippen molar-refractivity contribution >= 4 is 17.0 Å². The van der Waals surface area contributed by atoms with Gasteiger partial charge < -0.3 is 10.1 Å². The zero-order chi connectivity index (χ0) is 24.4. The van der Waals surface area contributed by atoms with Crippen LogP contribution in [0.3, 0.4) is 0 Å². The van der Waals surface area contributed by atoms with Crippen molar-refractivity contribution in [1.29, 1.82) is 0 Å². The number of methoxy groups -OCH3 is 1. The molecule has 3 aromatic heterocycles. The van der Waals surface area contributed by atoms with Gasteiger partial charge in [-0.1, -0.05) is 30.3 Å². The summed E-state index contributed by atoms with van der Waals surface area (Å²) in [5.74, 6) is 1.23. The fourth-order valence-electron chi connectivity index (χ4n) is 3.61. The Morgan fingerprint density at radius 2 is 1.77 bits per heavy atom. The number of alkyl halides is 3. The smallest absolute Gasteiger partial charge is 0.416 e. The molecule has 0 saturated heterocycles. The molecule has 0 radical (unpaired) electrons. The Morgan fingerprint density at radius 3 is 2.49 bits per heavy atom. The molecule has 0 amide bonds. The Labute approximate surface area is 198 Å². The average Bonchev–Trinajstić information content (AvgIpc) is 3.32. The summed E-state index contributed by atoms with van der Waals surface area (Å²) in [4.78, 5) is 18.1. The van der Waals surface area contributed by atoms with Crippen molar-refractivity contribution in [2.24, 2.45) is 0 Å². The van der Waals surface area contributed by atoms with Gasteiger partial charge in [0.1, 0.15) is 6.33 Å². The Morgan fingerprint density at radius 1 is 0.943 bits per heavy atom. The van der Waals surface area contributed by atoms with E-state index in [1.807, 2.05) is 34.9 Å². The standard InChI is InChI=1S/C25H19F3N6O/c1-35-20-11-10-17(14-29-20)22-32-23(30-13-16-6-5-7-18(12-16)25(26,27)28)21-24(33-22)34(15-31-21)19-8-3-2-4-9-19/h2-12,14-15H,13H2,1H3,(H,30,32,33). The molecular weight excluding hydrogens is 457 g/mol. The zero-order valence-corrected chi connectivity index (χ0v) is 18.5. The first-order valence-corrected chi connectivity index (χ1v) is 10.6. The number of halogens is 3. The van der Waals surface area contributed by atoms with Crippen LogP contribution < -0.4 is 10.1 Å². The van der Waals surface area contributed by atoms with Crippen molar-refractivity contribution < 1.29 is 17.9 Å². The van der Waals surface area contributed by atoms with Crippen molar-refractivity contribution in [2.45, 2.75) is 12.7 Å². The number of ether oxygens (including phenoxy) is 1. The molecule has 0 bridgehead atoms. The summed E-state index contributed by atoms with van der Waals surface area (Å²) in [6, 6.07) is 18.2. The average molecular weight is 476 g/mol. The molecule has 0 saturated carbocycles. The number of fused-ring (bicyclic) bond motifs is 1. The van der Waals surface area contributed by atoms with Crippen LogP contribution in [0.1, 0.15) is 11.1 Å². The predicted molar refractivity (Wildman–Crippen MR) is 125 cm³/mol. The van der Waals surface area contributed by atoms with Gasteiger partial charge in [0, 0.05) is 30.1 Å². The van der Waals surface area contributed by atoms with E-state index in [1.165, 1.54) is 13.2 Å². The molecular formula is C25H19F3N6O. The number of benzene rings is 2. The maximum Gasteiger partial charge on any atom is 0.416 e. The topological polar surface area (TPSA) is 77.8 Å². The van der Waals surface area contributed by atoms with Gasteiger partial charge in [-0.25, -0.2) is 19.9 Å². The molecule has 35 heavy (non-hydrogen) atoms. The van der Waals surface area contributed by atoms with Crippen LogP contribution in [0.25, 0.3) is 28.2 Å². The molecule has 0 unspecified atom stereocenters. The first kappa shape index (κ1) is 22.3. The third-order valence-corrected chi connectivity index (χ3v) is 5.35. The highest BCUT2D eigenvalue weighted by Gasteiger charge is 2.30. The molecule has 5 rings (SSSR count). The quantitative estimate of drug-likeness (QED) is 0.348. The lowest BCUT2D eigenvalue weighted by atomic mass is 10.1. The van der Waals surface area contributed by atoms with Gasteiger partial charge in [-0.15, -0.1) is 0 Å². The molecule has 1 N–H and O–H groups in total. The van der Waals surface area contributed by atoms with E-state index in [2.05, 4.69) is 20.3 Å². The zero-order valence-electron chi connectivity index (χ0n) is 18.5. The van der Waals surface area contributed by atoms with E-state index in [9.17, 15) is 13.2 Å². The molecule has 0 spiro atoms. The third-order valence-electron chi connectivity index (χ3n) is 5.35. The van der Waals surface area contributed by atoms with Crippen molar-refractivity contribution in [3.8, 4) is 23.0 Å². The van der Waals surface area contributed by atoms with E-state index in [0.29, 0.717) is 39.8 Å². The van der Waals surface area contributed by atoms with Crippen LogP contribution in [0.4, 0.5) is 19.0 Å². The van der Waals surface area contributed by atoms with Crippen molar-refractivity contribution in [3.05, 3.63) is 90.4 Å². The Kier molecular flexibility index (Phi) is 5.77. The summed E-state index contributed by atoms with van der Waals surface area (Å²) in [5.41, 5.74) is 2.30. The molecule has 0 atom stereocenters. The Balaban J connectivity index is 1.57. The monoisotopic (exact) mass is 476 g/mol. The summed E-state index contributed by atoms with van der Waals surface area (Å²) in [7, 11) is 1.53. The molecule has 176 valence electrons. The van der Waals surface area contributed by atoms with Gasteiger partial charge in [-0.2, -0.15) is 13.2 Å². The highest BCUT2D eigenvalue weighted by molar-refractivity contribution is 5.86. The number of para-hydroxylation sites is 1. The van der Waals surface area contributed by atoms with Gasteiger partial charge in [0.25, 0.3) is 0 Å². The van der Waals surface area contributed by atoms with Crippen LogP contribution in [0.15, 0.2) is 79.3 Å². The lowest BCUT2D eigenvalue weighted by Crippen LogP contribution is -2.08. The maximum absolute atomic E-state index is 13.1. The number of nitrogens with zero attached hydrogens (tertiary/aromatic N) is 5. The highest BCUT2D eigenvalue weighted by Crippen LogP contribution is 2.30. The van der Waals surface area contributed by atoms with Crippen LogP contribution in [-0.2, 0) is 12.7 Å². The minimum atomic E-state index is -4.42. The van der Waals surface area contributed by atoms with Gasteiger partial charge in [0.2, 0.25) is 5.88 Å². The molecule has 2 aromatic carbocycles. The van der Waals surface area contributed by atoms with Crippen molar-refractivity contribution in [2.75, 3.05) is 12.4 Å². The first-order chi connectivity index (χ1) is 16.9. The fourth-order valence-corrected chi connectivity index (χ4v) is 3.61. The second-order valence-electron chi connectivity index (χ2n) is 7.66. The normalized spacial score (nSPS) is 11.5. The fraction of sp³-hybridized carbons (Fsp3) is 0.120. The summed E-state index contributed by atoms with van der Waals surface area (Å²) >= 11 is 0. The minimum Gasteiger partial charge on any atom is -0.481 e. The number of hydrogen-bond donors (Lipinski definition) is 1. The van der Waals surface area contributed by atoms with E-state index < -0.39 is 11.7 Å². The molecule has 0 aliphatic carbocycles. The second-order valence-corrected chi connectivity index (χ2v) is 7.66. The van der Waals surface area contributed by atoms with Crippen LogP contribution >= 0.6 is 0 Å². The predicted octanol–water partition coefficient (Wildman–Crippen LogP) is 5.52. The van der Waals surface area contributed by atoms with E-state index in [4.69, 9.17) is 9.72 Å². The Bertz CT molecular complexity index is 1470. The van der Waals surface area contributed by atoms with Crippen LogP contribution in [0, 0.1) is 0 Å². The number of nitrogens with one attached hydrogen (secondary N) is 1. The molecule has 5 aromatic rings. The van der Waals surface area contributed by atoms with Gasteiger partial charge in [-0.05, 0) is 35.9 Å². The largest absolute Gasteiger partial charge is 0.481 e. The van der Waals surface area contributed by atoms with E-state index in [1.54, 1.807) is 30.7 Å². The number of aromatic nitrogens is 5. The number of rotatable bonds is 6. The van der Waals surface area contributed by atoms with Crippen molar-refractivity contribution in [3.63, 3.8) is 0 Å². The molecule has 0 fully saturated rings. The number of imidazole rings is 1. The number of pyridine rings is 1. The number of hydrogen-bond acceptors (Lipinski definition) is 6. The summed E-state index contributed by atoms with van der Waals surface area (Å²) in [5, 5.41) is 3.14. The van der Waals surface area contributed by atoms with E-state index >= 15 is 0 Å². The molecule has 10 heteroatoms. The lowest BCUT2D eigenvalue weighted by Gasteiger charge is -2.12. The van der Waals surface area contributed by atoms with Crippen LogP contribution in [0.2, 0.25) is 0 Å². The van der Waals surface area contributed by atoms with E-state index in [0.717, 1.165) is 17.8 Å². The number of anilines is 1. The highest BCUT2D eigenvalue weighted by atomic mass is 19.4. The minimum absolute atomic E-state index is 0.120. The lowest BCUT2D eigenvalue weighted by molar-refractivity contribution is -0.137. The SMILES string of the molecule is COc1ccc(-c2nc(NCc3cccc(C(F)(F)F)c3)c3ncn(-c4ccccc4)c3n2)cn1. The van der Waals surface area contributed by atoms with Gasteiger partial charge in [0.05, 0.1) is 12.7 Å². The van der Waals surface area contributed by atoms with Gasteiger partial charge in [0.15, 0.2) is 22.8 Å². The maximum atomic E-state index is 13.1. The van der Waals surface area contributed by atoms with Crippen LogP contribution in [-0.4, -0.2) is 31.6 Å². The first-order valence-electron chi connectivity index (χ1n) is 10.6. The van der Waals surface area contributed by atoms with E-state index in [-0.39, 0.29) is 6.54 Å². The molecule has 7 nitrogen and oxygen atoms in total. The van der Waals surface area contributed by atoms with Gasteiger partial charge >= 0.3 is 6.18 Å².